The smallest absolute Gasteiger partial charge is 0.198 e. The number of anilines is 1. The Morgan fingerprint density at radius 3 is 2.42 bits per heavy atom. The van der Waals surface area contributed by atoms with Crippen molar-refractivity contribution < 1.29 is 13.9 Å². The van der Waals surface area contributed by atoms with Gasteiger partial charge in [-0.2, -0.15) is 5.10 Å². The van der Waals surface area contributed by atoms with Crippen LogP contribution in [0.4, 0.5) is 10.2 Å². The van der Waals surface area contributed by atoms with Gasteiger partial charge in [0, 0.05) is 18.7 Å². The molecule has 1 aliphatic heterocycles. The minimum atomic E-state index is -0.342. The van der Waals surface area contributed by atoms with Gasteiger partial charge in [0.2, 0.25) is 0 Å². The molecule has 1 fully saturated rings. The average Bonchev–Trinajstić information content (AvgIpc) is 3.16. The van der Waals surface area contributed by atoms with Gasteiger partial charge in [-0.3, -0.25) is 9.69 Å². The number of nitrogen functional groups attached to an aromatic ring is 1. The highest BCUT2D eigenvalue weighted by Crippen LogP contribution is 2.21. The Balaban J connectivity index is 0.00000272. The highest BCUT2D eigenvalue weighted by molar-refractivity contribution is 6.11. The normalized spacial score (nSPS) is 14.2. The predicted octanol–water partition coefficient (Wildman–Crippen LogP) is 3.51. The number of halogens is 2. The number of rotatable bonds is 7. The molecule has 0 aliphatic carbocycles. The van der Waals surface area contributed by atoms with Gasteiger partial charge in [-0.1, -0.05) is 24.3 Å². The first-order valence-corrected chi connectivity index (χ1v) is 10.1. The average molecular weight is 445 g/mol. The molecular formula is C23H26ClFN4O2. The summed E-state index contributed by atoms with van der Waals surface area (Å²) in [6, 6.07) is 13.4. The van der Waals surface area contributed by atoms with Crippen LogP contribution in [0.2, 0.25) is 0 Å². The predicted molar refractivity (Wildman–Crippen MR) is 121 cm³/mol. The van der Waals surface area contributed by atoms with E-state index in [9.17, 15) is 9.18 Å². The first kappa shape index (κ1) is 22.9. The molecule has 0 saturated carbocycles. The molecule has 0 amide bonds. The standard InChI is InChI=1S/C23H25FN4O2.ClH/c24-19-7-9-20(10-8-19)28-23(25)21(16-26-28)22(29)18-5-3-17(4-6-18)2-1-11-27-12-14-30-15-13-27;/h3-10,16H,1-2,11-15,25H2;1H. The molecule has 2 N–H and O–H groups in total. The molecule has 4 rings (SSSR count). The van der Waals surface area contributed by atoms with Crippen molar-refractivity contribution in [3.63, 3.8) is 0 Å². The fraction of sp³-hybridized carbons (Fsp3) is 0.304. The number of ether oxygens (including phenoxy) is 1. The summed E-state index contributed by atoms with van der Waals surface area (Å²) in [5.74, 6) is -0.285. The number of morpholine rings is 1. The highest BCUT2D eigenvalue weighted by atomic mass is 35.5. The Morgan fingerprint density at radius 2 is 1.74 bits per heavy atom. The molecule has 0 radical (unpaired) electrons. The molecule has 2 aromatic carbocycles. The summed E-state index contributed by atoms with van der Waals surface area (Å²) in [4.78, 5) is 15.3. The third-order valence-electron chi connectivity index (χ3n) is 5.38. The van der Waals surface area contributed by atoms with Gasteiger partial charge in [0.1, 0.15) is 11.6 Å². The van der Waals surface area contributed by atoms with E-state index in [0.717, 1.165) is 45.7 Å². The Labute approximate surface area is 187 Å². The van der Waals surface area contributed by atoms with Crippen LogP contribution in [0.3, 0.4) is 0 Å². The van der Waals surface area contributed by atoms with Crippen molar-refractivity contribution in [2.75, 3.05) is 38.6 Å². The lowest BCUT2D eigenvalue weighted by molar-refractivity contribution is 0.0375. The van der Waals surface area contributed by atoms with Crippen molar-refractivity contribution in [1.82, 2.24) is 14.7 Å². The van der Waals surface area contributed by atoms with Crippen LogP contribution in [-0.2, 0) is 11.2 Å². The number of carbonyl (C=O) groups excluding carboxylic acids is 1. The van der Waals surface area contributed by atoms with Crippen LogP contribution in [0, 0.1) is 5.82 Å². The van der Waals surface area contributed by atoms with E-state index in [1.165, 1.54) is 28.6 Å². The second-order valence-electron chi connectivity index (χ2n) is 7.42. The number of ketones is 1. The van der Waals surface area contributed by atoms with Gasteiger partial charge in [-0.15, -0.1) is 12.4 Å². The van der Waals surface area contributed by atoms with E-state index < -0.39 is 0 Å². The summed E-state index contributed by atoms with van der Waals surface area (Å²) in [6.07, 6.45) is 3.50. The maximum absolute atomic E-state index is 13.1. The number of benzene rings is 2. The molecule has 0 unspecified atom stereocenters. The van der Waals surface area contributed by atoms with E-state index in [1.54, 1.807) is 12.1 Å². The molecule has 1 saturated heterocycles. The Hall–Kier alpha value is -2.74. The van der Waals surface area contributed by atoms with Gasteiger partial charge in [-0.25, -0.2) is 9.07 Å². The summed E-state index contributed by atoms with van der Waals surface area (Å²) in [6.45, 7) is 4.69. The Bertz CT molecular complexity index is 999. The summed E-state index contributed by atoms with van der Waals surface area (Å²) < 4.78 is 20.0. The second kappa shape index (κ2) is 10.5. The minimum absolute atomic E-state index is 0. The second-order valence-corrected chi connectivity index (χ2v) is 7.42. The third kappa shape index (κ3) is 5.50. The molecular weight excluding hydrogens is 419 g/mol. The maximum atomic E-state index is 13.1. The number of hydrogen-bond donors (Lipinski definition) is 1. The van der Waals surface area contributed by atoms with Gasteiger partial charge in [0.25, 0.3) is 0 Å². The van der Waals surface area contributed by atoms with E-state index in [-0.39, 0.29) is 29.8 Å². The number of nitrogens with two attached hydrogens (primary N) is 1. The van der Waals surface area contributed by atoms with Crippen LogP contribution < -0.4 is 5.73 Å². The van der Waals surface area contributed by atoms with Gasteiger partial charge in [0.15, 0.2) is 5.78 Å². The van der Waals surface area contributed by atoms with Crippen molar-refractivity contribution in [2.45, 2.75) is 12.8 Å². The van der Waals surface area contributed by atoms with Crippen molar-refractivity contribution >= 4 is 24.0 Å². The lowest BCUT2D eigenvalue weighted by Gasteiger charge is -2.26. The third-order valence-corrected chi connectivity index (χ3v) is 5.38. The van der Waals surface area contributed by atoms with Crippen molar-refractivity contribution in [3.05, 3.63) is 77.2 Å². The molecule has 1 aromatic heterocycles. The SMILES string of the molecule is Cl.Nc1c(C(=O)c2ccc(CCCN3CCOCC3)cc2)cnn1-c1ccc(F)cc1. The molecule has 2 heterocycles. The number of nitrogens with zero attached hydrogens (tertiary/aromatic N) is 3. The Kier molecular flexibility index (Phi) is 7.79. The Morgan fingerprint density at radius 1 is 1.06 bits per heavy atom. The lowest BCUT2D eigenvalue weighted by Crippen LogP contribution is -2.36. The molecule has 164 valence electrons. The first-order chi connectivity index (χ1) is 14.6. The van der Waals surface area contributed by atoms with E-state index in [0.29, 0.717) is 16.8 Å². The molecule has 6 nitrogen and oxygen atoms in total. The fourth-order valence-corrected chi connectivity index (χ4v) is 3.63. The monoisotopic (exact) mass is 444 g/mol. The number of hydrogen-bond acceptors (Lipinski definition) is 5. The van der Waals surface area contributed by atoms with E-state index in [2.05, 4.69) is 10.00 Å². The van der Waals surface area contributed by atoms with Gasteiger partial charge >= 0.3 is 0 Å². The van der Waals surface area contributed by atoms with Crippen LogP contribution in [0.5, 0.6) is 0 Å². The maximum Gasteiger partial charge on any atom is 0.198 e. The molecule has 0 atom stereocenters. The van der Waals surface area contributed by atoms with E-state index in [4.69, 9.17) is 10.5 Å². The molecule has 0 bridgehead atoms. The zero-order valence-electron chi connectivity index (χ0n) is 17.2. The van der Waals surface area contributed by atoms with Crippen LogP contribution in [0.1, 0.15) is 27.9 Å². The van der Waals surface area contributed by atoms with E-state index >= 15 is 0 Å². The highest BCUT2D eigenvalue weighted by Gasteiger charge is 2.18. The molecule has 0 spiro atoms. The van der Waals surface area contributed by atoms with Crippen molar-refractivity contribution in [2.24, 2.45) is 0 Å². The molecule has 8 heteroatoms. The van der Waals surface area contributed by atoms with Gasteiger partial charge in [0.05, 0.1) is 30.7 Å². The quantitative estimate of drug-likeness (QED) is 0.564. The van der Waals surface area contributed by atoms with Gasteiger partial charge in [-0.05, 0) is 49.2 Å². The largest absolute Gasteiger partial charge is 0.383 e. The van der Waals surface area contributed by atoms with Crippen LogP contribution in [0.25, 0.3) is 5.69 Å². The van der Waals surface area contributed by atoms with Gasteiger partial charge < -0.3 is 10.5 Å². The summed E-state index contributed by atoms with van der Waals surface area (Å²) in [7, 11) is 0. The molecule has 31 heavy (non-hydrogen) atoms. The van der Waals surface area contributed by atoms with Crippen molar-refractivity contribution in [3.8, 4) is 5.69 Å². The first-order valence-electron chi connectivity index (χ1n) is 10.1. The molecule has 3 aromatic rings. The molecule has 1 aliphatic rings. The number of carbonyl (C=O) groups is 1. The summed E-state index contributed by atoms with van der Waals surface area (Å²) in [5, 5.41) is 4.20. The lowest BCUT2D eigenvalue weighted by atomic mass is 10.0. The topological polar surface area (TPSA) is 73.4 Å². The summed E-state index contributed by atoms with van der Waals surface area (Å²) >= 11 is 0. The van der Waals surface area contributed by atoms with Crippen LogP contribution >= 0.6 is 12.4 Å². The van der Waals surface area contributed by atoms with E-state index in [1.807, 2.05) is 24.3 Å². The zero-order chi connectivity index (χ0) is 20.9. The number of aromatic nitrogens is 2. The minimum Gasteiger partial charge on any atom is -0.383 e. The number of aryl methyl sites for hydroxylation is 1. The van der Waals surface area contributed by atoms with Crippen LogP contribution in [-0.4, -0.2) is 53.3 Å². The fourth-order valence-electron chi connectivity index (χ4n) is 3.63. The zero-order valence-corrected chi connectivity index (χ0v) is 18.0. The summed E-state index contributed by atoms with van der Waals surface area (Å²) in [5.41, 5.74) is 8.85. The van der Waals surface area contributed by atoms with Crippen LogP contribution in [0.15, 0.2) is 54.7 Å². The van der Waals surface area contributed by atoms with Crippen molar-refractivity contribution in [1.29, 1.82) is 0 Å².